The highest BCUT2D eigenvalue weighted by Gasteiger charge is 2.39. The minimum Gasteiger partial charge on any atom is -0.481 e. The van der Waals surface area contributed by atoms with Crippen LogP contribution in [0.25, 0.3) is 11.3 Å². The molecule has 1 aromatic heterocycles. The summed E-state index contributed by atoms with van der Waals surface area (Å²) < 4.78 is 61.3. The van der Waals surface area contributed by atoms with Crippen molar-refractivity contribution in [3.8, 4) is 17.0 Å². The topological polar surface area (TPSA) is 79.5 Å². The number of aliphatic hydroxyl groups is 2. The van der Waals surface area contributed by atoms with Gasteiger partial charge in [-0.3, -0.25) is 0 Å². The Bertz CT molecular complexity index is 1130. The van der Waals surface area contributed by atoms with Crippen molar-refractivity contribution < 1.29 is 32.5 Å². The van der Waals surface area contributed by atoms with Gasteiger partial charge in [-0.1, -0.05) is 18.2 Å². The molecule has 0 aliphatic heterocycles. The highest BCUT2D eigenvalue weighted by atomic mass is 19.4. The molecular weight excluding hydrogens is 442 g/mol. The molecule has 1 heterocycles. The highest BCUT2D eigenvalue weighted by molar-refractivity contribution is 5.64. The molecule has 0 bridgehead atoms. The number of hydrogen-bond acceptors (Lipinski definition) is 5. The molecule has 0 aliphatic rings. The first kappa shape index (κ1) is 24.5. The Labute approximate surface area is 188 Å². The number of ether oxygens (including phenoxy) is 1. The molecule has 2 unspecified atom stereocenters. The van der Waals surface area contributed by atoms with Gasteiger partial charge in [0.15, 0.2) is 12.3 Å². The molecule has 0 saturated carbocycles. The van der Waals surface area contributed by atoms with Gasteiger partial charge in [-0.05, 0) is 44.5 Å². The second-order valence-corrected chi connectivity index (χ2v) is 7.80. The Kier molecular flexibility index (Phi) is 6.99. The molecule has 0 amide bonds. The Morgan fingerprint density at radius 2 is 1.79 bits per heavy atom. The number of aliphatic hydroxyl groups excluding tert-OH is 2. The summed E-state index contributed by atoms with van der Waals surface area (Å²) in [4.78, 5) is 4.18. The zero-order valence-electron chi connectivity index (χ0n) is 18.5. The maximum absolute atomic E-state index is 15.1. The molecular formula is C23H25F4N3O3. The number of aryl methyl sites for hydroxylation is 2. The van der Waals surface area contributed by atoms with Crippen molar-refractivity contribution in [2.45, 2.75) is 45.4 Å². The number of anilines is 1. The quantitative estimate of drug-likeness (QED) is 0.336. The van der Waals surface area contributed by atoms with Gasteiger partial charge in [0.05, 0.1) is 5.69 Å². The van der Waals surface area contributed by atoms with Crippen LogP contribution >= 0.6 is 0 Å². The van der Waals surface area contributed by atoms with E-state index in [1.165, 1.54) is 17.7 Å². The summed E-state index contributed by atoms with van der Waals surface area (Å²) in [6.45, 7) is 4.08. The fourth-order valence-electron chi connectivity index (χ4n) is 3.30. The second-order valence-electron chi connectivity index (χ2n) is 7.80. The molecule has 6 nitrogen and oxygen atoms in total. The molecule has 3 N–H and O–H groups in total. The van der Waals surface area contributed by atoms with Crippen molar-refractivity contribution in [2.75, 3.05) is 5.32 Å². The summed E-state index contributed by atoms with van der Waals surface area (Å²) in [5, 5.41) is 23.3. The van der Waals surface area contributed by atoms with E-state index in [-0.39, 0.29) is 28.4 Å². The number of nitrogens with zero attached hydrogens (tertiary/aromatic N) is 2. The van der Waals surface area contributed by atoms with Crippen LogP contribution in [0, 0.1) is 12.7 Å². The van der Waals surface area contributed by atoms with Crippen LogP contribution in [0.2, 0.25) is 0 Å². The standard InChI is InChI=1S/C23H25F4N3O3/c1-12-7-5-6-8-18(12)29-22(32)16-9-17(24)15(10-20(16)33-14(3)23(25,26)27)19-11-30(4)21(28-19)13(2)31/h5-11,13-14,22,29,31-32H,1-4H3/t13?,14-,22?/m0/s1. The van der Waals surface area contributed by atoms with Crippen molar-refractivity contribution in [1.82, 2.24) is 9.55 Å². The number of halogens is 4. The summed E-state index contributed by atoms with van der Waals surface area (Å²) in [7, 11) is 1.60. The molecule has 3 rings (SSSR count). The van der Waals surface area contributed by atoms with Crippen LogP contribution in [0.4, 0.5) is 23.2 Å². The molecule has 3 atom stereocenters. The Morgan fingerprint density at radius 3 is 2.36 bits per heavy atom. The van der Waals surface area contributed by atoms with Crippen LogP contribution in [0.3, 0.4) is 0 Å². The minimum atomic E-state index is -4.68. The van der Waals surface area contributed by atoms with E-state index in [1.807, 2.05) is 0 Å². The van der Waals surface area contributed by atoms with Crippen molar-refractivity contribution in [1.29, 1.82) is 0 Å². The van der Waals surface area contributed by atoms with E-state index in [0.29, 0.717) is 5.69 Å². The Balaban J connectivity index is 2.07. The zero-order chi connectivity index (χ0) is 24.5. The second kappa shape index (κ2) is 9.40. The average molecular weight is 467 g/mol. The number of benzene rings is 2. The lowest BCUT2D eigenvalue weighted by Gasteiger charge is -2.23. The first-order valence-corrected chi connectivity index (χ1v) is 10.2. The summed E-state index contributed by atoms with van der Waals surface area (Å²) >= 11 is 0. The van der Waals surface area contributed by atoms with Gasteiger partial charge < -0.3 is 24.8 Å². The maximum Gasteiger partial charge on any atom is 0.425 e. The molecule has 3 aromatic rings. The van der Waals surface area contributed by atoms with Crippen LogP contribution in [-0.2, 0) is 7.05 Å². The third-order valence-electron chi connectivity index (χ3n) is 5.16. The lowest BCUT2D eigenvalue weighted by atomic mass is 10.1. The smallest absolute Gasteiger partial charge is 0.425 e. The molecule has 0 saturated heterocycles. The normalized spacial score (nSPS) is 14.6. The number of alkyl halides is 3. The molecule has 0 spiro atoms. The van der Waals surface area contributed by atoms with Gasteiger partial charge in [-0.2, -0.15) is 13.2 Å². The van der Waals surface area contributed by atoms with E-state index in [2.05, 4.69) is 10.3 Å². The Morgan fingerprint density at radius 1 is 1.12 bits per heavy atom. The lowest BCUT2D eigenvalue weighted by molar-refractivity contribution is -0.189. The monoisotopic (exact) mass is 467 g/mol. The predicted molar refractivity (Wildman–Crippen MR) is 115 cm³/mol. The molecule has 0 aliphatic carbocycles. The Hall–Kier alpha value is -3.11. The van der Waals surface area contributed by atoms with Gasteiger partial charge in [-0.15, -0.1) is 0 Å². The van der Waals surface area contributed by atoms with Gasteiger partial charge in [0.2, 0.25) is 0 Å². The van der Waals surface area contributed by atoms with Gasteiger partial charge >= 0.3 is 6.18 Å². The third-order valence-corrected chi connectivity index (χ3v) is 5.16. The van der Waals surface area contributed by atoms with E-state index in [9.17, 15) is 23.4 Å². The third kappa shape index (κ3) is 5.45. The van der Waals surface area contributed by atoms with Crippen LogP contribution in [0.15, 0.2) is 42.6 Å². The SMILES string of the molecule is Cc1ccccc1NC(O)c1cc(F)c(-c2cn(C)c(C(C)O)n2)cc1O[C@@H](C)C(F)(F)F. The summed E-state index contributed by atoms with van der Waals surface area (Å²) in [6.07, 6.45) is -7.94. The maximum atomic E-state index is 15.1. The minimum absolute atomic E-state index is 0.100. The fraction of sp³-hybridized carbons (Fsp3) is 0.348. The van der Waals surface area contributed by atoms with E-state index < -0.39 is 30.4 Å². The molecule has 0 radical (unpaired) electrons. The van der Waals surface area contributed by atoms with Crippen LogP contribution < -0.4 is 10.1 Å². The first-order chi connectivity index (χ1) is 15.4. The van der Waals surface area contributed by atoms with Crippen LogP contribution in [0.5, 0.6) is 5.75 Å². The first-order valence-electron chi connectivity index (χ1n) is 10.2. The molecule has 178 valence electrons. The average Bonchev–Trinajstić information content (AvgIpc) is 3.11. The van der Waals surface area contributed by atoms with Crippen LogP contribution in [0.1, 0.15) is 43.1 Å². The zero-order valence-corrected chi connectivity index (χ0v) is 18.5. The molecule has 2 aromatic carbocycles. The number of rotatable bonds is 7. The van der Waals surface area contributed by atoms with Gasteiger partial charge in [0, 0.05) is 30.1 Å². The van der Waals surface area contributed by atoms with Gasteiger partial charge in [0.1, 0.15) is 23.5 Å². The largest absolute Gasteiger partial charge is 0.481 e. The van der Waals surface area contributed by atoms with Crippen molar-refractivity contribution in [2.24, 2.45) is 7.05 Å². The molecule has 33 heavy (non-hydrogen) atoms. The van der Waals surface area contributed by atoms with E-state index in [4.69, 9.17) is 4.74 Å². The number of nitrogens with one attached hydrogen (secondary N) is 1. The number of aromatic nitrogens is 2. The van der Waals surface area contributed by atoms with Gasteiger partial charge in [0.25, 0.3) is 0 Å². The number of hydrogen-bond donors (Lipinski definition) is 3. The predicted octanol–water partition coefficient (Wildman–Crippen LogP) is 5.02. The summed E-state index contributed by atoms with van der Waals surface area (Å²) in [5.74, 6) is -0.923. The van der Waals surface area contributed by atoms with Crippen molar-refractivity contribution in [3.05, 3.63) is 65.4 Å². The number of para-hydroxylation sites is 1. The van der Waals surface area contributed by atoms with E-state index >= 15 is 4.39 Å². The molecule has 10 heteroatoms. The summed E-state index contributed by atoms with van der Waals surface area (Å²) in [6, 6.07) is 8.95. The fourth-order valence-corrected chi connectivity index (χ4v) is 3.30. The lowest BCUT2D eigenvalue weighted by Crippen LogP contribution is -2.31. The van der Waals surface area contributed by atoms with Gasteiger partial charge in [-0.25, -0.2) is 9.37 Å². The van der Waals surface area contributed by atoms with E-state index in [1.54, 1.807) is 38.2 Å². The van der Waals surface area contributed by atoms with Crippen molar-refractivity contribution >= 4 is 5.69 Å². The van der Waals surface area contributed by atoms with Crippen LogP contribution in [-0.4, -0.2) is 32.0 Å². The summed E-state index contributed by atoms with van der Waals surface area (Å²) in [5.41, 5.74) is 1.06. The molecule has 0 fully saturated rings. The highest BCUT2D eigenvalue weighted by Crippen LogP contribution is 2.36. The van der Waals surface area contributed by atoms with Crippen molar-refractivity contribution in [3.63, 3.8) is 0 Å². The van der Waals surface area contributed by atoms with E-state index in [0.717, 1.165) is 24.6 Å². The number of imidazole rings is 1.